The van der Waals surface area contributed by atoms with Gasteiger partial charge in [-0.3, -0.25) is 4.40 Å². The maximum Gasteiger partial charge on any atom is 0.207 e. The van der Waals surface area contributed by atoms with E-state index in [4.69, 9.17) is 16.3 Å². The van der Waals surface area contributed by atoms with Crippen LogP contribution in [0.3, 0.4) is 0 Å². The summed E-state index contributed by atoms with van der Waals surface area (Å²) in [5, 5.41) is 0.368. The van der Waals surface area contributed by atoms with Crippen molar-refractivity contribution in [2.24, 2.45) is 0 Å². The van der Waals surface area contributed by atoms with Crippen molar-refractivity contribution in [1.29, 1.82) is 0 Å². The largest absolute Gasteiger partial charge is 0.484 e. The fraction of sp³-hybridized carbons (Fsp3) is 0.133. The van der Waals surface area contributed by atoms with E-state index in [0.717, 1.165) is 11.1 Å². The van der Waals surface area contributed by atoms with E-state index in [1.165, 1.54) is 6.07 Å². The van der Waals surface area contributed by atoms with Gasteiger partial charge in [0.25, 0.3) is 0 Å². The summed E-state index contributed by atoms with van der Waals surface area (Å²) in [5.41, 5.74) is 2.65. The van der Waals surface area contributed by atoms with Crippen molar-refractivity contribution in [3.8, 4) is 5.75 Å². The van der Waals surface area contributed by atoms with Crippen LogP contribution in [-0.4, -0.2) is 9.38 Å². The molecule has 0 amide bonds. The topological polar surface area (TPSA) is 26.5 Å². The molecule has 0 unspecified atom stereocenters. The molecule has 2 heterocycles. The lowest BCUT2D eigenvalue weighted by atomic mass is 10.2. The summed E-state index contributed by atoms with van der Waals surface area (Å²) in [6.07, 6.45) is 1.85. The summed E-state index contributed by atoms with van der Waals surface area (Å²) in [7, 11) is 0. The predicted molar refractivity (Wildman–Crippen MR) is 75.7 cm³/mol. The molecule has 5 heteroatoms. The number of para-hydroxylation sites is 1. The fourth-order valence-electron chi connectivity index (χ4n) is 2.03. The average Bonchev–Trinajstić information content (AvgIpc) is 2.74. The minimum absolute atomic E-state index is 0.167. The highest BCUT2D eigenvalue weighted by atomic mass is 35.5. The Kier molecular flexibility index (Phi) is 3.32. The Morgan fingerprint density at radius 3 is 2.90 bits per heavy atom. The van der Waals surface area contributed by atoms with Gasteiger partial charge in [0.05, 0.1) is 5.52 Å². The van der Waals surface area contributed by atoms with Crippen molar-refractivity contribution in [3.63, 3.8) is 0 Å². The highest BCUT2D eigenvalue weighted by molar-refractivity contribution is 6.28. The lowest BCUT2D eigenvalue weighted by Crippen LogP contribution is -1.98. The van der Waals surface area contributed by atoms with Crippen LogP contribution in [0.4, 0.5) is 4.39 Å². The summed E-state index contributed by atoms with van der Waals surface area (Å²) < 4.78 is 20.7. The van der Waals surface area contributed by atoms with Gasteiger partial charge in [-0.25, -0.2) is 9.37 Å². The Bertz CT molecular complexity index is 770. The van der Waals surface area contributed by atoms with Gasteiger partial charge in [0.2, 0.25) is 5.28 Å². The van der Waals surface area contributed by atoms with Crippen LogP contribution in [0.25, 0.3) is 5.52 Å². The van der Waals surface area contributed by atoms with Crippen molar-refractivity contribution >= 4 is 17.1 Å². The first-order chi connectivity index (χ1) is 9.65. The molecule has 0 fully saturated rings. The molecule has 0 atom stereocenters. The lowest BCUT2D eigenvalue weighted by molar-refractivity contribution is 0.288. The van der Waals surface area contributed by atoms with Crippen molar-refractivity contribution in [1.82, 2.24) is 9.38 Å². The quantitative estimate of drug-likeness (QED) is 0.728. The molecule has 0 aliphatic heterocycles. The zero-order chi connectivity index (χ0) is 14.1. The molecule has 0 saturated carbocycles. The molecule has 102 valence electrons. The van der Waals surface area contributed by atoms with E-state index in [0.29, 0.717) is 11.0 Å². The molecule has 0 aliphatic carbocycles. The van der Waals surface area contributed by atoms with E-state index in [-0.39, 0.29) is 12.4 Å². The number of hydrogen-bond donors (Lipinski definition) is 0. The van der Waals surface area contributed by atoms with Crippen LogP contribution < -0.4 is 4.74 Å². The van der Waals surface area contributed by atoms with Gasteiger partial charge in [-0.1, -0.05) is 12.1 Å². The molecule has 3 rings (SSSR count). The van der Waals surface area contributed by atoms with Crippen LogP contribution in [0.15, 0.2) is 42.6 Å². The van der Waals surface area contributed by atoms with Crippen molar-refractivity contribution in [3.05, 3.63) is 65.0 Å². The standard InChI is InChI=1S/C15H12ClFN2O/c1-10-6-7-19-13(8-10)12(18-15(19)16)9-20-14-5-3-2-4-11(14)17/h2-8H,9H2,1H3. The maximum atomic E-state index is 13.5. The van der Waals surface area contributed by atoms with Crippen LogP contribution in [0.5, 0.6) is 5.75 Å². The molecule has 3 aromatic rings. The van der Waals surface area contributed by atoms with Crippen molar-refractivity contribution in [2.45, 2.75) is 13.5 Å². The van der Waals surface area contributed by atoms with Gasteiger partial charge in [0.15, 0.2) is 11.6 Å². The van der Waals surface area contributed by atoms with Crippen LogP contribution in [0.2, 0.25) is 5.28 Å². The number of fused-ring (bicyclic) bond motifs is 1. The third-order valence-electron chi connectivity index (χ3n) is 3.03. The summed E-state index contributed by atoms with van der Waals surface area (Å²) in [6.45, 7) is 2.16. The van der Waals surface area contributed by atoms with Crippen LogP contribution in [0.1, 0.15) is 11.3 Å². The van der Waals surface area contributed by atoms with E-state index in [9.17, 15) is 4.39 Å². The second kappa shape index (κ2) is 5.13. The highest BCUT2D eigenvalue weighted by Gasteiger charge is 2.11. The average molecular weight is 291 g/mol. The molecule has 2 aromatic heterocycles. The van der Waals surface area contributed by atoms with Crippen LogP contribution >= 0.6 is 11.6 Å². The van der Waals surface area contributed by atoms with E-state index in [1.54, 1.807) is 22.6 Å². The first-order valence-corrected chi connectivity index (χ1v) is 6.53. The molecule has 0 aliphatic rings. The number of pyridine rings is 1. The van der Waals surface area contributed by atoms with E-state index < -0.39 is 5.82 Å². The Hall–Kier alpha value is -2.07. The Morgan fingerprint density at radius 2 is 2.10 bits per heavy atom. The molecule has 3 nitrogen and oxygen atoms in total. The number of hydrogen-bond acceptors (Lipinski definition) is 2. The normalized spacial score (nSPS) is 10.9. The second-order valence-electron chi connectivity index (χ2n) is 4.51. The minimum Gasteiger partial charge on any atom is -0.484 e. The summed E-state index contributed by atoms with van der Waals surface area (Å²) in [5.74, 6) is -0.185. The summed E-state index contributed by atoms with van der Waals surface area (Å²) in [4.78, 5) is 4.26. The number of halogens is 2. The highest BCUT2D eigenvalue weighted by Crippen LogP contribution is 2.21. The molecular formula is C15H12ClFN2O. The van der Waals surface area contributed by atoms with E-state index in [1.807, 2.05) is 25.3 Å². The molecule has 0 spiro atoms. The first-order valence-electron chi connectivity index (χ1n) is 6.15. The fourth-order valence-corrected chi connectivity index (χ4v) is 2.27. The van der Waals surface area contributed by atoms with Gasteiger partial charge in [0, 0.05) is 6.20 Å². The molecule has 0 radical (unpaired) electrons. The Labute approximate surface area is 120 Å². The Morgan fingerprint density at radius 1 is 1.30 bits per heavy atom. The van der Waals surface area contributed by atoms with Gasteiger partial charge in [-0.05, 0) is 48.4 Å². The number of imidazole rings is 1. The molecule has 0 bridgehead atoms. The number of nitrogens with zero attached hydrogens (tertiary/aromatic N) is 2. The Balaban J connectivity index is 1.92. The maximum absolute atomic E-state index is 13.5. The molecular weight excluding hydrogens is 279 g/mol. The number of benzene rings is 1. The van der Waals surface area contributed by atoms with Gasteiger partial charge < -0.3 is 4.74 Å². The zero-order valence-electron chi connectivity index (χ0n) is 10.8. The van der Waals surface area contributed by atoms with Gasteiger partial charge >= 0.3 is 0 Å². The SMILES string of the molecule is Cc1ccn2c(Cl)nc(COc3ccccc3F)c2c1. The van der Waals surface area contributed by atoms with Crippen LogP contribution in [-0.2, 0) is 6.61 Å². The summed E-state index contributed by atoms with van der Waals surface area (Å²) >= 11 is 6.07. The number of aromatic nitrogens is 2. The molecule has 0 saturated heterocycles. The van der Waals surface area contributed by atoms with Crippen LogP contribution in [0, 0.1) is 12.7 Å². The predicted octanol–water partition coefficient (Wildman–Crippen LogP) is 4.01. The van der Waals surface area contributed by atoms with Gasteiger partial charge in [-0.15, -0.1) is 0 Å². The monoisotopic (exact) mass is 290 g/mol. The van der Waals surface area contributed by atoms with E-state index >= 15 is 0 Å². The smallest absolute Gasteiger partial charge is 0.207 e. The molecule has 20 heavy (non-hydrogen) atoms. The second-order valence-corrected chi connectivity index (χ2v) is 4.84. The van der Waals surface area contributed by atoms with E-state index in [2.05, 4.69) is 4.98 Å². The third kappa shape index (κ3) is 2.34. The zero-order valence-corrected chi connectivity index (χ0v) is 11.6. The minimum atomic E-state index is -0.390. The molecule has 1 aromatic carbocycles. The third-order valence-corrected chi connectivity index (χ3v) is 3.30. The molecule has 0 N–H and O–H groups in total. The van der Waals surface area contributed by atoms with Gasteiger partial charge in [0.1, 0.15) is 12.3 Å². The number of rotatable bonds is 3. The van der Waals surface area contributed by atoms with Gasteiger partial charge in [-0.2, -0.15) is 0 Å². The van der Waals surface area contributed by atoms with Crippen molar-refractivity contribution in [2.75, 3.05) is 0 Å². The number of aryl methyl sites for hydroxylation is 1. The van der Waals surface area contributed by atoms with Crippen molar-refractivity contribution < 1.29 is 9.13 Å². The first kappa shape index (κ1) is 12.9. The lowest BCUT2D eigenvalue weighted by Gasteiger charge is -2.05. The summed E-state index contributed by atoms with van der Waals surface area (Å²) in [6, 6.07) is 10.2. The number of ether oxygens (including phenoxy) is 1.